The molecule has 0 unspecified atom stereocenters. The van der Waals surface area contributed by atoms with E-state index in [0.29, 0.717) is 47.6 Å². The molecule has 0 radical (unpaired) electrons. The van der Waals surface area contributed by atoms with Gasteiger partial charge in [-0.05, 0) is 19.4 Å². The molecule has 0 spiro atoms. The second-order valence-corrected chi connectivity index (χ2v) is 7.32. The number of halogens is 1. The zero-order chi connectivity index (χ0) is 21.7. The molecule has 0 saturated carbocycles. The Kier molecular flexibility index (Phi) is 7.39. The van der Waals surface area contributed by atoms with Gasteiger partial charge in [-0.1, -0.05) is 18.5 Å². The van der Waals surface area contributed by atoms with Gasteiger partial charge in [-0.3, -0.25) is 4.79 Å². The molecule has 1 atom stereocenters. The standard InChI is InChI=1S/C22H26ClNO6/c1-4-14-13-30-20-11-21(29-8-6-7-27-3)17(23)9-15(20)18-10-19(25)16(12-24(14)18)22(26)28-5-2/h9-12,14H,4-8,13H2,1-3H3/t14-/m1/s1. The van der Waals surface area contributed by atoms with Crippen LogP contribution in [0, 0.1) is 0 Å². The van der Waals surface area contributed by atoms with Crippen molar-refractivity contribution in [1.29, 1.82) is 0 Å². The highest BCUT2D eigenvalue weighted by Crippen LogP contribution is 2.41. The van der Waals surface area contributed by atoms with Gasteiger partial charge in [0.15, 0.2) is 5.43 Å². The minimum Gasteiger partial charge on any atom is -0.492 e. The molecule has 162 valence electrons. The zero-order valence-corrected chi connectivity index (χ0v) is 18.2. The molecular formula is C22H26ClNO6. The molecular weight excluding hydrogens is 410 g/mol. The molecule has 8 heteroatoms. The molecule has 1 aromatic heterocycles. The van der Waals surface area contributed by atoms with Crippen molar-refractivity contribution in [3.8, 4) is 22.8 Å². The number of fused-ring (bicyclic) bond motifs is 3. The first-order valence-electron chi connectivity index (χ1n) is 10.0. The Bertz CT molecular complexity index is 971. The summed E-state index contributed by atoms with van der Waals surface area (Å²) in [6.45, 7) is 5.36. The van der Waals surface area contributed by atoms with E-state index in [1.165, 1.54) is 6.07 Å². The summed E-state index contributed by atoms with van der Waals surface area (Å²) in [5, 5.41) is 0.415. The Morgan fingerprint density at radius 2 is 2.07 bits per heavy atom. The number of benzene rings is 1. The largest absolute Gasteiger partial charge is 0.492 e. The van der Waals surface area contributed by atoms with E-state index in [9.17, 15) is 9.59 Å². The molecule has 0 bridgehead atoms. The van der Waals surface area contributed by atoms with E-state index in [4.69, 9.17) is 30.5 Å². The summed E-state index contributed by atoms with van der Waals surface area (Å²) in [6, 6.07) is 4.86. The van der Waals surface area contributed by atoms with Gasteiger partial charge in [0.05, 0.1) is 30.0 Å². The molecule has 0 saturated heterocycles. The van der Waals surface area contributed by atoms with E-state index in [1.807, 2.05) is 11.5 Å². The van der Waals surface area contributed by atoms with Gasteiger partial charge in [0.2, 0.25) is 0 Å². The third-order valence-electron chi connectivity index (χ3n) is 4.93. The van der Waals surface area contributed by atoms with Gasteiger partial charge in [0.25, 0.3) is 0 Å². The quantitative estimate of drug-likeness (QED) is 0.459. The third-order valence-corrected chi connectivity index (χ3v) is 5.23. The van der Waals surface area contributed by atoms with Gasteiger partial charge >= 0.3 is 5.97 Å². The lowest BCUT2D eigenvalue weighted by Crippen LogP contribution is -2.23. The molecule has 1 aliphatic heterocycles. The first-order chi connectivity index (χ1) is 14.5. The maximum atomic E-state index is 12.7. The van der Waals surface area contributed by atoms with Gasteiger partial charge < -0.3 is 23.5 Å². The van der Waals surface area contributed by atoms with Gasteiger partial charge in [-0.15, -0.1) is 0 Å². The number of hydrogen-bond donors (Lipinski definition) is 0. The molecule has 3 rings (SSSR count). The number of pyridine rings is 1. The van der Waals surface area contributed by atoms with E-state index in [1.54, 1.807) is 32.4 Å². The molecule has 0 amide bonds. The second kappa shape index (κ2) is 10.00. The van der Waals surface area contributed by atoms with E-state index < -0.39 is 11.4 Å². The Morgan fingerprint density at radius 3 is 2.77 bits per heavy atom. The van der Waals surface area contributed by atoms with Crippen LogP contribution in [0.2, 0.25) is 5.02 Å². The topological polar surface area (TPSA) is 76.0 Å². The highest BCUT2D eigenvalue weighted by molar-refractivity contribution is 6.32. The summed E-state index contributed by atoms with van der Waals surface area (Å²) in [6.07, 6.45) is 3.04. The van der Waals surface area contributed by atoms with Crippen molar-refractivity contribution in [3.05, 3.63) is 45.2 Å². The molecule has 30 heavy (non-hydrogen) atoms. The highest BCUT2D eigenvalue weighted by Gasteiger charge is 2.26. The number of nitrogens with zero attached hydrogens (tertiary/aromatic N) is 1. The minimum absolute atomic E-state index is 0.00620. The fraction of sp³-hybridized carbons (Fsp3) is 0.455. The number of aromatic nitrogens is 1. The maximum absolute atomic E-state index is 12.7. The van der Waals surface area contributed by atoms with Crippen molar-refractivity contribution in [3.63, 3.8) is 0 Å². The Hall–Kier alpha value is -2.51. The van der Waals surface area contributed by atoms with Gasteiger partial charge in [-0.25, -0.2) is 4.79 Å². The van der Waals surface area contributed by atoms with Crippen LogP contribution in [0.5, 0.6) is 11.5 Å². The number of methoxy groups -OCH3 is 1. The Balaban J connectivity index is 2.05. The summed E-state index contributed by atoms with van der Waals surface area (Å²) >= 11 is 6.45. The van der Waals surface area contributed by atoms with Crippen LogP contribution in [0.15, 0.2) is 29.2 Å². The number of hydrogen-bond acceptors (Lipinski definition) is 6. The number of rotatable bonds is 8. The van der Waals surface area contributed by atoms with Crippen LogP contribution in [0.1, 0.15) is 43.1 Å². The van der Waals surface area contributed by atoms with Crippen LogP contribution in [-0.4, -0.2) is 44.1 Å². The highest BCUT2D eigenvalue weighted by atomic mass is 35.5. The van der Waals surface area contributed by atoms with E-state index in [0.717, 1.165) is 12.8 Å². The van der Waals surface area contributed by atoms with Gasteiger partial charge in [-0.2, -0.15) is 0 Å². The molecule has 7 nitrogen and oxygen atoms in total. The number of carbonyl (C=O) groups excluding carboxylic acids is 1. The smallest absolute Gasteiger partial charge is 0.343 e. The van der Waals surface area contributed by atoms with Gasteiger partial charge in [0.1, 0.15) is 23.7 Å². The van der Waals surface area contributed by atoms with Crippen LogP contribution in [0.3, 0.4) is 0 Å². The summed E-state index contributed by atoms with van der Waals surface area (Å²) in [7, 11) is 1.64. The summed E-state index contributed by atoms with van der Waals surface area (Å²) in [5.74, 6) is 0.462. The van der Waals surface area contributed by atoms with Crippen molar-refractivity contribution in [2.75, 3.05) is 33.5 Å². The predicted octanol–water partition coefficient (Wildman–Crippen LogP) is 4.10. The number of carbonyl (C=O) groups is 1. The Labute approximate surface area is 180 Å². The molecule has 1 aromatic carbocycles. The lowest BCUT2D eigenvalue weighted by atomic mass is 10.1. The van der Waals surface area contributed by atoms with Crippen molar-refractivity contribution in [2.24, 2.45) is 0 Å². The molecule has 2 aromatic rings. The predicted molar refractivity (Wildman–Crippen MR) is 114 cm³/mol. The average molecular weight is 436 g/mol. The SMILES string of the molecule is CCOC(=O)c1cn2c(cc1=O)-c1cc(Cl)c(OCCCOC)cc1OC[C@H]2CC. The van der Waals surface area contributed by atoms with Gasteiger partial charge in [0, 0.05) is 44.0 Å². The molecule has 1 aliphatic rings. The van der Waals surface area contributed by atoms with Crippen molar-refractivity contribution < 1.29 is 23.7 Å². The number of esters is 1. The van der Waals surface area contributed by atoms with Crippen LogP contribution in [-0.2, 0) is 9.47 Å². The molecule has 0 N–H and O–H groups in total. The third kappa shape index (κ3) is 4.63. The van der Waals surface area contributed by atoms with E-state index >= 15 is 0 Å². The van der Waals surface area contributed by atoms with Crippen LogP contribution in [0.4, 0.5) is 0 Å². The van der Waals surface area contributed by atoms with E-state index in [2.05, 4.69) is 0 Å². The monoisotopic (exact) mass is 435 g/mol. The van der Waals surface area contributed by atoms with Crippen LogP contribution >= 0.6 is 11.6 Å². The van der Waals surface area contributed by atoms with Crippen molar-refractivity contribution in [2.45, 2.75) is 32.7 Å². The van der Waals surface area contributed by atoms with E-state index in [-0.39, 0.29) is 18.2 Å². The normalized spacial score (nSPS) is 14.9. The first-order valence-corrected chi connectivity index (χ1v) is 10.4. The Morgan fingerprint density at radius 1 is 1.27 bits per heavy atom. The average Bonchev–Trinajstić information content (AvgIpc) is 2.87. The number of ether oxygens (including phenoxy) is 4. The molecule has 0 aliphatic carbocycles. The summed E-state index contributed by atoms with van der Waals surface area (Å²) < 4.78 is 23.8. The fourth-order valence-electron chi connectivity index (χ4n) is 3.36. The fourth-order valence-corrected chi connectivity index (χ4v) is 3.58. The first kappa shape index (κ1) is 22.2. The summed E-state index contributed by atoms with van der Waals surface area (Å²) in [4.78, 5) is 24.9. The zero-order valence-electron chi connectivity index (χ0n) is 17.4. The van der Waals surface area contributed by atoms with Crippen molar-refractivity contribution in [1.82, 2.24) is 4.57 Å². The second-order valence-electron chi connectivity index (χ2n) is 6.91. The lowest BCUT2D eigenvalue weighted by Gasteiger charge is -2.20. The minimum atomic E-state index is -0.629. The summed E-state index contributed by atoms with van der Waals surface area (Å²) in [5.41, 5.74) is 0.915. The lowest BCUT2D eigenvalue weighted by molar-refractivity contribution is 0.0523. The molecule has 0 fully saturated rings. The van der Waals surface area contributed by atoms with Crippen LogP contribution in [0.25, 0.3) is 11.3 Å². The van der Waals surface area contributed by atoms with Crippen molar-refractivity contribution >= 4 is 17.6 Å². The molecule has 2 heterocycles. The van der Waals surface area contributed by atoms with Crippen LogP contribution < -0.4 is 14.9 Å². The maximum Gasteiger partial charge on any atom is 0.343 e.